The number of rotatable bonds is 8. The number of aliphatic carboxylic acids is 1. The number of carboxylic acids is 3. The Kier molecular flexibility index (Phi) is 7.64. The zero-order valence-corrected chi connectivity index (χ0v) is 21.3. The summed E-state index contributed by atoms with van der Waals surface area (Å²) >= 11 is 0. The molecule has 2 aliphatic rings. The molecule has 12 heteroatoms. The van der Waals surface area contributed by atoms with Crippen molar-refractivity contribution in [3.05, 3.63) is 104 Å². The van der Waals surface area contributed by atoms with Crippen LogP contribution in [0.25, 0.3) is 11.1 Å². The van der Waals surface area contributed by atoms with Gasteiger partial charge in [0.05, 0.1) is 11.9 Å². The molecule has 12 nitrogen and oxygen atoms in total. The van der Waals surface area contributed by atoms with Crippen molar-refractivity contribution < 1.29 is 44.7 Å². The monoisotopic (exact) mass is 563 g/mol. The molecule has 4 N–H and O–H groups in total. The second kappa shape index (κ2) is 11.1. The van der Waals surface area contributed by atoms with E-state index in [9.17, 15) is 44.7 Å². The first-order valence-corrected chi connectivity index (χ1v) is 11.9. The smallest absolute Gasteiger partial charge is 0.339 e. The molecule has 0 aliphatic heterocycles. The number of hydrogen-bond acceptors (Lipinski definition) is 11. The molecule has 210 valence electrons. The Balaban J connectivity index is 2.07. The molecule has 0 fully saturated rings. The van der Waals surface area contributed by atoms with Crippen molar-refractivity contribution in [3.63, 3.8) is 0 Å². The first-order chi connectivity index (χ1) is 19.9. The topological polar surface area (TPSA) is 252 Å². The van der Waals surface area contributed by atoms with Crippen LogP contribution in [0.5, 0.6) is 11.5 Å². The molecule has 0 saturated carbocycles. The second-order valence-electron chi connectivity index (χ2n) is 9.11. The molecule has 2 aliphatic carbocycles. The third-order valence-electron chi connectivity index (χ3n) is 6.60. The lowest BCUT2D eigenvalue weighted by Crippen LogP contribution is -2.24. The van der Waals surface area contributed by atoms with Crippen molar-refractivity contribution in [2.75, 3.05) is 0 Å². The third kappa shape index (κ3) is 5.19. The Labute approximate surface area is 236 Å². The first-order valence-electron chi connectivity index (χ1n) is 11.9. The molecule has 0 bridgehead atoms. The van der Waals surface area contributed by atoms with E-state index in [0.29, 0.717) is 29.8 Å². The number of ketones is 1. The quantitative estimate of drug-likeness (QED) is 0.246. The van der Waals surface area contributed by atoms with E-state index in [2.05, 4.69) is 0 Å². The van der Waals surface area contributed by atoms with Gasteiger partial charge in [-0.3, -0.25) is 4.79 Å². The number of allylic oxidation sites excluding steroid dienone is 9. The number of nitrogens with one attached hydrogen (secondary N) is 3. The molecule has 0 aromatic heterocycles. The molecule has 0 amide bonds. The molecule has 4 rings (SSSR count). The first kappa shape index (κ1) is 28.8. The fraction of sp³-hybridized carbons (Fsp3) is 0.0333. The standard InChI is InChI=1S/C30H21N3O9/c31-10-19-4-16(7-22(25(19)34)28(37)38)13-1-14(17-5-20(11-32)26(35)23(8-17)29(39)40)3-15(2-13)18-6-21(12-33)27(36)24(9-18)30(41)42/h1-2,4-12,31-35H,3H2,(H,37,38)(H,39,40)(H,41,42)/p-4/b18-15-,31-10?,32-11?,33-12?. The minimum absolute atomic E-state index is 0.0370. The van der Waals surface area contributed by atoms with Crippen LogP contribution in [-0.2, 0) is 9.59 Å². The van der Waals surface area contributed by atoms with Crippen LogP contribution in [-0.4, -0.2) is 47.4 Å². The lowest BCUT2D eigenvalue weighted by atomic mass is 9.82. The number of hydrogen-bond donors (Lipinski definition) is 4. The minimum atomic E-state index is -1.79. The van der Waals surface area contributed by atoms with E-state index >= 15 is 0 Å². The number of carboxylic acid groups (broad SMARTS) is 3. The van der Waals surface area contributed by atoms with E-state index < -0.39 is 51.9 Å². The molecule has 0 saturated heterocycles. The fourth-order valence-electron chi connectivity index (χ4n) is 4.54. The van der Waals surface area contributed by atoms with Crippen LogP contribution in [0, 0.1) is 16.2 Å². The van der Waals surface area contributed by atoms with Gasteiger partial charge < -0.3 is 51.3 Å². The van der Waals surface area contributed by atoms with Gasteiger partial charge >= 0.3 is 5.97 Å². The zero-order chi connectivity index (χ0) is 30.9. The Morgan fingerprint density at radius 3 is 1.81 bits per heavy atom. The van der Waals surface area contributed by atoms with Gasteiger partial charge in [-0.25, -0.2) is 4.79 Å². The van der Waals surface area contributed by atoms with Gasteiger partial charge in [-0.1, -0.05) is 23.7 Å². The molecular weight excluding hydrogens is 546 g/mol. The van der Waals surface area contributed by atoms with Gasteiger partial charge in [0.25, 0.3) is 0 Å². The molecule has 0 atom stereocenters. The van der Waals surface area contributed by atoms with E-state index in [1.54, 1.807) is 0 Å². The van der Waals surface area contributed by atoms with Crippen molar-refractivity contribution in [1.29, 1.82) is 16.2 Å². The van der Waals surface area contributed by atoms with Crippen LogP contribution in [0.15, 0.2) is 70.9 Å². The molecule has 0 unspecified atom stereocenters. The summed E-state index contributed by atoms with van der Waals surface area (Å²) in [5.74, 6) is -7.90. The predicted molar refractivity (Wildman–Crippen MR) is 141 cm³/mol. The lowest BCUT2D eigenvalue weighted by Gasteiger charge is -2.25. The maximum Gasteiger partial charge on any atom is 0.339 e. The van der Waals surface area contributed by atoms with Gasteiger partial charge in [0.15, 0.2) is 0 Å². The fourth-order valence-corrected chi connectivity index (χ4v) is 4.54. The summed E-state index contributed by atoms with van der Waals surface area (Å²) < 4.78 is 0. The van der Waals surface area contributed by atoms with E-state index in [0.717, 1.165) is 18.2 Å². The Morgan fingerprint density at radius 1 is 0.762 bits per heavy atom. The van der Waals surface area contributed by atoms with Crippen molar-refractivity contribution in [3.8, 4) is 11.5 Å². The number of Topliss-reactive ketones (excluding diaryl/α,β-unsaturated/α-hetero) is 1. The molecule has 42 heavy (non-hydrogen) atoms. The SMILES string of the molecule is N=CC1=C/C(=C2\C=C(c3cc(C=N)c([O-])c(C(=O)[O-])c3)C=C(c3cc(C=N)c([O-])c(C(=O)[O-])c3)C2)C=C(C(=O)O)C1=O. The summed E-state index contributed by atoms with van der Waals surface area (Å²) in [6.45, 7) is 0. The Bertz CT molecular complexity index is 1820. The molecule has 2 aromatic carbocycles. The van der Waals surface area contributed by atoms with Gasteiger partial charge in [-0.05, 0) is 98.5 Å². The molecule has 0 radical (unpaired) electrons. The molecule has 2 aromatic rings. The van der Waals surface area contributed by atoms with E-state index in [4.69, 9.17) is 16.2 Å². The van der Waals surface area contributed by atoms with E-state index in [1.165, 1.54) is 30.4 Å². The van der Waals surface area contributed by atoms with Crippen LogP contribution in [0.4, 0.5) is 0 Å². The highest BCUT2D eigenvalue weighted by molar-refractivity contribution is 6.31. The summed E-state index contributed by atoms with van der Waals surface area (Å²) in [5, 5.41) is 80.4. The van der Waals surface area contributed by atoms with Crippen LogP contribution in [0.2, 0.25) is 0 Å². The maximum atomic E-state index is 12.5. The summed E-state index contributed by atoms with van der Waals surface area (Å²) in [7, 11) is 0. The molecule has 0 heterocycles. The lowest BCUT2D eigenvalue weighted by molar-refractivity contribution is -0.277. The number of aromatic carboxylic acids is 2. The van der Waals surface area contributed by atoms with Crippen molar-refractivity contribution in [1.82, 2.24) is 0 Å². The average molecular weight is 563 g/mol. The largest absolute Gasteiger partial charge is 0.872 e. The summed E-state index contributed by atoms with van der Waals surface area (Å²) in [4.78, 5) is 47.6. The highest BCUT2D eigenvalue weighted by Gasteiger charge is 2.26. The normalized spacial score (nSPS) is 16.4. The van der Waals surface area contributed by atoms with Crippen LogP contribution in [0.1, 0.15) is 49.4 Å². The number of carbonyl (C=O) groups excluding carboxylic acids is 3. The minimum Gasteiger partial charge on any atom is -0.872 e. The number of carbonyl (C=O) groups is 4. The van der Waals surface area contributed by atoms with Crippen LogP contribution >= 0.6 is 0 Å². The van der Waals surface area contributed by atoms with Crippen LogP contribution < -0.4 is 20.4 Å². The van der Waals surface area contributed by atoms with Gasteiger partial charge in [0, 0.05) is 24.2 Å². The summed E-state index contributed by atoms with van der Waals surface area (Å²) in [6.07, 6.45) is 7.36. The van der Waals surface area contributed by atoms with Gasteiger partial charge in [-0.2, -0.15) is 0 Å². The Morgan fingerprint density at radius 2 is 1.31 bits per heavy atom. The highest BCUT2D eigenvalue weighted by atomic mass is 16.4. The van der Waals surface area contributed by atoms with Crippen molar-refractivity contribution >= 4 is 53.5 Å². The zero-order valence-electron chi connectivity index (χ0n) is 21.3. The van der Waals surface area contributed by atoms with Crippen LogP contribution in [0.3, 0.4) is 0 Å². The maximum absolute atomic E-state index is 12.5. The van der Waals surface area contributed by atoms with Gasteiger partial charge in [-0.15, -0.1) is 0 Å². The third-order valence-corrected chi connectivity index (χ3v) is 6.60. The Hall–Kier alpha value is -6.17. The molecular formula is C30H17N3O9-4. The summed E-state index contributed by atoms with van der Waals surface area (Å²) in [5.41, 5.74) is -1.47. The van der Waals surface area contributed by atoms with Gasteiger partial charge in [0.2, 0.25) is 5.78 Å². The summed E-state index contributed by atoms with van der Waals surface area (Å²) in [6, 6.07) is 4.57. The number of benzene rings is 2. The molecule has 0 spiro atoms. The van der Waals surface area contributed by atoms with Crippen molar-refractivity contribution in [2.45, 2.75) is 6.42 Å². The van der Waals surface area contributed by atoms with Gasteiger partial charge in [0.1, 0.15) is 5.57 Å². The van der Waals surface area contributed by atoms with E-state index in [1.807, 2.05) is 0 Å². The average Bonchev–Trinajstić information content (AvgIpc) is 2.96. The van der Waals surface area contributed by atoms with E-state index in [-0.39, 0.29) is 45.4 Å². The highest BCUT2D eigenvalue weighted by Crippen LogP contribution is 2.39. The predicted octanol–water partition coefficient (Wildman–Crippen LogP) is -0.107. The second-order valence-corrected chi connectivity index (χ2v) is 9.11. The van der Waals surface area contributed by atoms with Crippen molar-refractivity contribution in [2.24, 2.45) is 0 Å².